The number of amides is 1. The predicted octanol–water partition coefficient (Wildman–Crippen LogP) is 3.29. The smallest absolute Gasteiger partial charge is 0.224 e. The van der Waals surface area contributed by atoms with Gasteiger partial charge in [0, 0.05) is 12.4 Å². The van der Waals surface area contributed by atoms with Crippen molar-refractivity contribution in [1.29, 1.82) is 0 Å². The van der Waals surface area contributed by atoms with E-state index in [0.717, 1.165) is 22.4 Å². The lowest BCUT2D eigenvalue weighted by atomic mass is 10.1. The van der Waals surface area contributed by atoms with Crippen LogP contribution < -0.4 is 10.1 Å². The van der Waals surface area contributed by atoms with Gasteiger partial charge in [0.2, 0.25) is 5.91 Å². The normalized spacial score (nSPS) is 10.2. The molecule has 110 valence electrons. The van der Waals surface area contributed by atoms with Crippen LogP contribution in [-0.4, -0.2) is 13.0 Å². The maximum Gasteiger partial charge on any atom is 0.224 e. The average molecular weight is 304 g/mol. The summed E-state index contributed by atoms with van der Waals surface area (Å²) in [4.78, 5) is 11.9. The van der Waals surface area contributed by atoms with E-state index in [1.165, 1.54) is 0 Å². The number of carbonyl (C=O) groups excluding carboxylic acids is 1. The summed E-state index contributed by atoms with van der Waals surface area (Å²) in [5.74, 6) is 1.27. The Morgan fingerprint density at radius 1 is 1.10 bits per heavy atom. The highest BCUT2D eigenvalue weighted by molar-refractivity contribution is 6.17. The van der Waals surface area contributed by atoms with Gasteiger partial charge >= 0.3 is 0 Å². The maximum atomic E-state index is 11.9. The van der Waals surface area contributed by atoms with E-state index in [-0.39, 0.29) is 5.91 Å². The van der Waals surface area contributed by atoms with Crippen LogP contribution in [0, 0.1) is 0 Å². The Bertz CT molecular complexity index is 596. The fraction of sp³-hybridized carbons (Fsp3) is 0.235. The lowest BCUT2D eigenvalue weighted by Gasteiger charge is -2.07. The first-order valence-electron chi connectivity index (χ1n) is 6.74. The third-order valence-electron chi connectivity index (χ3n) is 3.16. The van der Waals surface area contributed by atoms with Crippen molar-refractivity contribution < 1.29 is 9.53 Å². The van der Waals surface area contributed by atoms with Crippen molar-refractivity contribution in [3.63, 3.8) is 0 Å². The summed E-state index contributed by atoms with van der Waals surface area (Å²) in [5, 5.41) is 2.91. The second kappa shape index (κ2) is 7.70. The molecule has 0 aliphatic carbocycles. The van der Waals surface area contributed by atoms with Gasteiger partial charge in [-0.15, -0.1) is 11.6 Å². The van der Waals surface area contributed by atoms with Gasteiger partial charge in [0.15, 0.2) is 0 Å². The number of nitrogens with one attached hydrogen (secondary N) is 1. The van der Waals surface area contributed by atoms with E-state index in [9.17, 15) is 4.79 Å². The first-order chi connectivity index (χ1) is 10.2. The monoisotopic (exact) mass is 303 g/mol. The van der Waals surface area contributed by atoms with Crippen molar-refractivity contribution in [2.24, 2.45) is 0 Å². The Balaban J connectivity index is 1.86. The van der Waals surface area contributed by atoms with Crippen molar-refractivity contribution >= 4 is 17.5 Å². The number of hydrogen-bond acceptors (Lipinski definition) is 2. The molecule has 0 saturated carbocycles. The Morgan fingerprint density at radius 2 is 1.81 bits per heavy atom. The van der Waals surface area contributed by atoms with Gasteiger partial charge in [-0.1, -0.05) is 36.4 Å². The molecule has 0 radical (unpaired) electrons. The number of ether oxygens (including phenoxy) is 1. The summed E-state index contributed by atoms with van der Waals surface area (Å²) in [5.41, 5.74) is 3.07. The third kappa shape index (κ3) is 4.80. The molecule has 0 aromatic heterocycles. The largest absolute Gasteiger partial charge is 0.497 e. The highest BCUT2D eigenvalue weighted by Gasteiger charge is 2.04. The van der Waals surface area contributed by atoms with Crippen LogP contribution in [0.15, 0.2) is 48.5 Å². The van der Waals surface area contributed by atoms with Gasteiger partial charge in [0.1, 0.15) is 5.75 Å². The Kier molecular flexibility index (Phi) is 5.64. The summed E-state index contributed by atoms with van der Waals surface area (Å²) in [7, 11) is 1.62. The fourth-order valence-electron chi connectivity index (χ4n) is 2.01. The number of methoxy groups -OCH3 is 1. The standard InChI is InChI=1S/C17H18ClNO2/c1-21-16-7-5-13(6-8-16)10-17(20)19-12-15-4-2-3-14(9-15)11-18/h2-9H,10-12H2,1H3,(H,19,20). The van der Waals surface area contributed by atoms with Crippen LogP contribution in [0.4, 0.5) is 0 Å². The molecule has 0 unspecified atom stereocenters. The van der Waals surface area contributed by atoms with Gasteiger partial charge < -0.3 is 10.1 Å². The number of benzene rings is 2. The summed E-state index contributed by atoms with van der Waals surface area (Å²) in [6.45, 7) is 0.514. The van der Waals surface area contributed by atoms with E-state index in [2.05, 4.69) is 5.32 Å². The number of carbonyl (C=O) groups is 1. The van der Waals surface area contributed by atoms with E-state index in [4.69, 9.17) is 16.3 Å². The van der Waals surface area contributed by atoms with Crippen LogP contribution >= 0.6 is 11.6 Å². The van der Waals surface area contributed by atoms with Crippen molar-refractivity contribution in [1.82, 2.24) is 5.32 Å². The first kappa shape index (κ1) is 15.4. The molecule has 0 spiro atoms. The van der Waals surface area contributed by atoms with E-state index in [0.29, 0.717) is 18.8 Å². The van der Waals surface area contributed by atoms with Crippen LogP contribution in [0.1, 0.15) is 16.7 Å². The summed E-state index contributed by atoms with van der Waals surface area (Å²) in [6, 6.07) is 15.4. The average Bonchev–Trinajstić information content (AvgIpc) is 2.54. The van der Waals surface area contributed by atoms with Crippen LogP contribution in [0.3, 0.4) is 0 Å². The molecule has 1 amide bonds. The first-order valence-corrected chi connectivity index (χ1v) is 7.28. The van der Waals surface area contributed by atoms with Gasteiger partial charge in [0.25, 0.3) is 0 Å². The van der Waals surface area contributed by atoms with Gasteiger partial charge in [-0.25, -0.2) is 0 Å². The summed E-state index contributed by atoms with van der Waals surface area (Å²) in [6.07, 6.45) is 0.360. The summed E-state index contributed by atoms with van der Waals surface area (Å²) < 4.78 is 5.09. The molecular weight excluding hydrogens is 286 g/mol. The number of alkyl halides is 1. The SMILES string of the molecule is COc1ccc(CC(=O)NCc2cccc(CCl)c2)cc1. The molecule has 2 aromatic rings. The van der Waals surface area contributed by atoms with Crippen LogP contribution in [0.2, 0.25) is 0 Å². The second-order valence-electron chi connectivity index (χ2n) is 4.76. The molecule has 1 N–H and O–H groups in total. The Labute approximate surface area is 129 Å². The zero-order valence-corrected chi connectivity index (χ0v) is 12.7. The zero-order valence-electron chi connectivity index (χ0n) is 11.9. The Morgan fingerprint density at radius 3 is 2.48 bits per heavy atom. The predicted molar refractivity (Wildman–Crippen MR) is 84.5 cm³/mol. The molecule has 0 aliphatic heterocycles. The minimum absolute atomic E-state index is 0.00329. The molecular formula is C17H18ClNO2. The summed E-state index contributed by atoms with van der Waals surface area (Å²) >= 11 is 5.80. The van der Waals surface area contributed by atoms with Crippen molar-refractivity contribution in [3.8, 4) is 5.75 Å². The lowest BCUT2D eigenvalue weighted by molar-refractivity contribution is -0.120. The maximum absolute atomic E-state index is 11.9. The molecule has 2 aromatic carbocycles. The van der Waals surface area contributed by atoms with Crippen LogP contribution in [0.5, 0.6) is 5.75 Å². The molecule has 21 heavy (non-hydrogen) atoms. The van der Waals surface area contributed by atoms with E-state index in [1.54, 1.807) is 7.11 Å². The lowest BCUT2D eigenvalue weighted by Crippen LogP contribution is -2.24. The minimum Gasteiger partial charge on any atom is -0.497 e. The topological polar surface area (TPSA) is 38.3 Å². The van der Waals surface area contributed by atoms with E-state index < -0.39 is 0 Å². The fourth-order valence-corrected chi connectivity index (χ4v) is 2.18. The van der Waals surface area contributed by atoms with Crippen LogP contribution in [0.25, 0.3) is 0 Å². The highest BCUT2D eigenvalue weighted by atomic mass is 35.5. The second-order valence-corrected chi connectivity index (χ2v) is 5.02. The number of hydrogen-bond donors (Lipinski definition) is 1. The molecule has 0 fully saturated rings. The molecule has 0 bridgehead atoms. The number of halogens is 1. The molecule has 0 saturated heterocycles. The highest BCUT2D eigenvalue weighted by Crippen LogP contribution is 2.12. The minimum atomic E-state index is -0.00329. The van der Waals surface area contributed by atoms with Crippen molar-refractivity contribution in [2.75, 3.05) is 7.11 Å². The van der Waals surface area contributed by atoms with Crippen molar-refractivity contribution in [3.05, 3.63) is 65.2 Å². The van der Waals surface area contributed by atoms with Gasteiger partial charge in [-0.3, -0.25) is 4.79 Å². The van der Waals surface area contributed by atoms with E-state index >= 15 is 0 Å². The molecule has 0 heterocycles. The van der Waals surface area contributed by atoms with Gasteiger partial charge in [-0.2, -0.15) is 0 Å². The van der Waals surface area contributed by atoms with Crippen LogP contribution in [-0.2, 0) is 23.6 Å². The third-order valence-corrected chi connectivity index (χ3v) is 3.47. The van der Waals surface area contributed by atoms with Gasteiger partial charge in [-0.05, 0) is 28.8 Å². The van der Waals surface area contributed by atoms with E-state index in [1.807, 2.05) is 48.5 Å². The quantitative estimate of drug-likeness (QED) is 0.832. The molecule has 0 aliphatic rings. The van der Waals surface area contributed by atoms with Crippen molar-refractivity contribution in [2.45, 2.75) is 18.8 Å². The molecule has 0 atom stereocenters. The molecule has 4 heteroatoms. The molecule has 3 nitrogen and oxygen atoms in total. The van der Waals surface area contributed by atoms with Gasteiger partial charge in [0.05, 0.1) is 13.5 Å². The molecule has 2 rings (SSSR count). The Hall–Kier alpha value is -2.00. The zero-order chi connectivity index (χ0) is 15.1. The number of rotatable bonds is 6.